The highest BCUT2D eigenvalue weighted by molar-refractivity contribution is 6.33. The average Bonchev–Trinajstić information content (AvgIpc) is 2.64. The van der Waals surface area contributed by atoms with Gasteiger partial charge in [-0.1, -0.05) is 23.7 Å². The quantitative estimate of drug-likeness (QED) is 0.611. The maximum absolute atomic E-state index is 12.7. The highest BCUT2D eigenvalue weighted by Gasteiger charge is 2.35. The number of carbonyl (C=O) groups excluding carboxylic acids is 2. The maximum Gasteiger partial charge on any atom is 0.269 e. The summed E-state index contributed by atoms with van der Waals surface area (Å²) in [7, 11) is 0. The number of nitro groups is 1. The fourth-order valence-corrected chi connectivity index (χ4v) is 3.16. The van der Waals surface area contributed by atoms with Crippen molar-refractivity contribution >= 4 is 34.8 Å². The van der Waals surface area contributed by atoms with Crippen LogP contribution in [-0.2, 0) is 4.79 Å². The van der Waals surface area contributed by atoms with Crippen molar-refractivity contribution in [2.24, 2.45) is 0 Å². The number of nitrogens with zero attached hydrogens (tertiary/aromatic N) is 3. The average molecular weight is 374 g/mol. The molecule has 0 unspecified atom stereocenters. The third-order valence-corrected chi connectivity index (χ3v) is 4.72. The molecule has 2 aromatic rings. The lowest BCUT2D eigenvalue weighted by atomic mass is 10.1. The van der Waals surface area contributed by atoms with E-state index in [2.05, 4.69) is 0 Å². The summed E-state index contributed by atoms with van der Waals surface area (Å²) in [5, 5.41) is 11.1. The van der Waals surface area contributed by atoms with E-state index in [1.54, 1.807) is 31.2 Å². The fraction of sp³-hybridized carbons (Fsp3) is 0.222. The number of hydrogen-bond acceptors (Lipinski definition) is 4. The molecule has 0 aliphatic carbocycles. The molecule has 0 saturated carbocycles. The van der Waals surface area contributed by atoms with E-state index in [-0.39, 0.29) is 17.5 Å². The number of piperazine rings is 1. The Morgan fingerprint density at radius 3 is 2.42 bits per heavy atom. The molecule has 0 aromatic heterocycles. The SMILES string of the molecule is C[C@H]1C(=O)N(c2ccc([N+](=O)[O-])cc2)CCN1C(=O)c1ccccc1Cl. The molecule has 2 amide bonds. The van der Waals surface area contributed by atoms with E-state index in [0.717, 1.165) is 0 Å². The first-order valence-corrected chi connectivity index (χ1v) is 8.39. The molecule has 0 bridgehead atoms. The molecular formula is C18H16ClN3O4. The Labute approximate surface area is 154 Å². The minimum Gasteiger partial charge on any atom is -0.325 e. The number of nitro benzene ring substituents is 1. The number of carbonyl (C=O) groups is 2. The van der Waals surface area contributed by atoms with Gasteiger partial charge in [0.1, 0.15) is 6.04 Å². The first-order chi connectivity index (χ1) is 12.4. The summed E-state index contributed by atoms with van der Waals surface area (Å²) in [6, 6.07) is 11.8. The number of non-ortho nitro benzene ring substituents is 1. The van der Waals surface area contributed by atoms with Crippen LogP contribution in [0.5, 0.6) is 0 Å². The Morgan fingerprint density at radius 1 is 1.15 bits per heavy atom. The fourth-order valence-electron chi connectivity index (χ4n) is 2.95. The number of anilines is 1. The third kappa shape index (κ3) is 3.25. The van der Waals surface area contributed by atoms with E-state index in [4.69, 9.17) is 11.6 Å². The van der Waals surface area contributed by atoms with Crippen LogP contribution >= 0.6 is 11.6 Å². The minimum absolute atomic E-state index is 0.0400. The lowest BCUT2D eigenvalue weighted by Crippen LogP contribution is -2.57. The van der Waals surface area contributed by atoms with E-state index in [9.17, 15) is 19.7 Å². The smallest absolute Gasteiger partial charge is 0.269 e. The van der Waals surface area contributed by atoms with Gasteiger partial charge in [0.05, 0.1) is 15.5 Å². The molecule has 1 aliphatic rings. The van der Waals surface area contributed by atoms with E-state index in [0.29, 0.717) is 29.4 Å². The maximum atomic E-state index is 12.7. The van der Waals surface area contributed by atoms with Gasteiger partial charge in [0.25, 0.3) is 11.6 Å². The Bertz CT molecular complexity index is 869. The number of amides is 2. The molecule has 1 atom stereocenters. The van der Waals surface area contributed by atoms with Gasteiger partial charge in [-0.05, 0) is 31.2 Å². The van der Waals surface area contributed by atoms with Crippen LogP contribution in [-0.4, -0.2) is 40.8 Å². The first-order valence-electron chi connectivity index (χ1n) is 8.01. The summed E-state index contributed by atoms with van der Waals surface area (Å²) in [6.07, 6.45) is 0. The second kappa shape index (κ2) is 7.13. The molecule has 0 spiro atoms. The van der Waals surface area contributed by atoms with Crippen molar-refractivity contribution < 1.29 is 14.5 Å². The van der Waals surface area contributed by atoms with Gasteiger partial charge in [0.15, 0.2) is 0 Å². The number of benzene rings is 2. The van der Waals surface area contributed by atoms with Crippen molar-refractivity contribution in [1.29, 1.82) is 0 Å². The van der Waals surface area contributed by atoms with Crippen LogP contribution in [0.2, 0.25) is 5.02 Å². The summed E-state index contributed by atoms with van der Waals surface area (Å²) in [5.41, 5.74) is 0.886. The molecule has 1 saturated heterocycles. The highest BCUT2D eigenvalue weighted by Crippen LogP contribution is 2.25. The predicted octanol–water partition coefficient (Wildman–Crippen LogP) is 3.13. The topological polar surface area (TPSA) is 83.8 Å². The summed E-state index contributed by atoms with van der Waals surface area (Å²) >= 11 is 6.09. The molecule has 8 heteroatoms. The van der Waals surface area contributed by atoms with E-state index < -0.39 is 11.0 Å². The van der Waals surface area contributed by atoms with Gasteiger partial charge in [0.2, 0.25) is 5.91 Å². The van der Waals surface area contributed by atoms with Crippen LogP contribution in [0.1, 0.15) is 17.3 Å². The lowest BCUT2D eigenvalue weighted by molar-refractivity contribution is -0.384. The van der Waals surface area contributed by atoms with Crippen molar-refractivity contribution in [3.8, 4) is 0 Å². The van der Waals surface area contributed by atoms with Gasteiger partial charge in [-0.2, -0.15) is 0 Å². The van der Waals surface area contributed by atoms with Crippen LogP contribution in [0.4, 0.5) is 11.4 Å². The van der Waals surface area contributed by atoms with Crippen molar-refractivity contribution in [2.75, 3.05) is 18.0 Å². The van der Waals surface area contributed by atoms with Gasteiger partial charge >= 0.3 is 0 Å². The van der Waals surface area contributed by atoms with Crippen LogP contribution < -0.4 is 4.90 Å². The number of halogens is 1. The molecule has 26 heavy (non-hydrogen) atoms. The van der Waals surface area contributed by atoms with Gasteiger partial charge in [-0.3, -0.25) is 19.7 Å². The predicted molar refractivity (Wildman–Crippen MR) is 97.4 cm³/mol. The first kappa shape index (κ1) is 17.9. The largest absolute Gasteiger partial charge is 0.325 e. The third-order valence-electron chi connectivity index (χ3n) is 4.39. The summed E-state index contributed by atoms with van der Waals surface area (Å²) in [4.78, 5) is 38.8. The van der Waals surface area contributed by atoms with Gasteiger partial charge < -0.3 is 9.80 Å². The summed E-state index contributed by atoms with van der Waals surface area (Å²) < 4.78 is 0. The Morgan fingerprint density at radius 2 is 1.81 bits per heavy atom. The molecule has 3 rings (SSSR count). The molecule has 1 aliphatic heterocycles. The zero-order valence-corrected chi connectivity index (χ0v) is 14.7. The Kier molecular flexibility index (Phi) is 4.90. The standard InChI is InChI=1S/C18H16ClN3O4/c1-12-17(23)21(13-6-8-14(9-7-13)22(25)26)11-10-20(12)18(24)15-4-2-3-5-16(15)19/h2-9,12H,10-11H2,1H3/t12-/m0/s1. The molecule has 134 valence electrons. The summed E-state index contributed by atoms with van der Waals surface area (Å²) in [6.45, 7) is 2.31. The highest BCUT2D eigenvalue weighted by atomic mass is 35.5. The minimum atomic E-state index is -0.664. The van der Waals surface area contributed by atoms with Gasteiger partial charge in [-0.15, -0.1) is 0 Å². The van der Waals surface area contributed by atoms with Crippen molar-refractivity contribution in [2.45, 2.75) is 13.0 Å². The number of rotatable bonds is 3. The van der Waals surface area contributed by atoms with E-state index in [1.807, 2.05) is 0 Å². The second-order valence-corrected chi connectivity index (χ2v) is 6.32. The zero-order valence-electron chi connectivity index (χ0n) is 14.0. The van der Waals surface area contributed by atoms with Crippen LogP contribution in [0.25, 0.3) is 0 Å². The molecule has 2 aromatic carbocycles. The van der Waals surface area contributed by atoms with E-state index >= 15 is 0 Å². The second-order valence-electron chi connectivity index (χ2n) is 5.92. The Balaban J connectivity index is 1.79. The normalized spacial score (nSPS) is 17.3. The molecule has 1 fully saturated rings. The van der Waals surface area contributed by atoms with Crippen molar-refractivity contribution in [3.05, 3.63) is 69.2 Å². The monoisotopic (exact) mass is 373 g/mol. The Hall–Kier alpha value is -2.93. The molecular weight excluding hydrogens is 358 g/mol. The summed E-state index contributed by atoms with van der Waals surface area (Å²) in [5.74, 6) is -0.537. The molecule has 1 heterocycles. The van der Waals surface area contributed by atoms with Crippen molar-refractivity contribution in [3.63, 3.8) is 0 Å². The van der Waals surface area contributed by atoms with E-state index in [1.165, 1.54) is 34.1 Å². The lowest BCUT2D eigenvalue weighted by Gasteiger charge is -2.39. The van der Waals surface area contributed by atoms with Gasteiger partial charge in [-0.25, -0.2) is 0 Å². The number of hydrogen-bond donors (Lipinski definition) is 0. The van der Waals surface area contributed by atoms with Crippen molar-refractivity contribution in [1.82, 2.24) is 4.90 Å². The van der Waals surface area contributed by atoms with Crippen LogP contribution in [0.3, 0.4) is 0 Å². The molecule has 0 radical (unpaired) electrons. The van der Waals surface area contributed by atoms with Crippen LogP contribution in [0.15, 0.2) is 48.5 Å². The van der Waals surface area contributed by atoms with Gasteiger partial charge in [0, 0.05) is 30.9 Å². The zero-order chi connectivity index (χ0) is 18.8. The molecule has 7 nitrogen and oxygen atoms in total. The molecule has 0 N–H and O–H groups in total. The van der Waals surface area contributed by atoms with Crippen LogP contribution in [0, 0.1) is 10.1 Å².